The number of hydrogen-bond acceptors (Lipinski definition) is 5. The lowest BCUT2D eigenvalue weighted by Gasteiger charge is -2.34. The van der Waals surface area contributed by atoms with Gasteiger partial charge in [-0.25, -0.2) is 0 Å². The second-order valence-corrected chi connectivity index (χ2v) is 10.2. The summed E-state index contributed by atoms with van der Waals surface area (Å²) >= 11 is 1.57. The molecule has 0 bridgehead atoms. The minimum absolute atomic E-state index is 0.0154. The van der Waals surface area contributed by atoms with Crippen molar-refractivity contribution in [3.05, 3.63) is 51.9 Å². The highest BCUT2D eigenvalue weighted by Crippen LogP contribution is 2.37. The lowest BCUT2D eigenvalue weighted by atomic mass is 9.94. The predicted octanol–water partition coefficient (Wildman–Crippen LogP) is 4.24. The number of amides is 2. The highest BCUT2D eigenvalue weighted by molar-refractivity contribution is 7.16. The number of hydrogen-bond donors (Lipinski definition) is 2. The van der Waals surface area contributed by atoms with Crippen LogP contribution in [0.4, 0.5) is 5.00 Å². The van der Waals surface area contributed by atoms with Gasteiger partial charge in [0.2, 0.25) is 11.8 Å². The summed E-state index contributed by atoms with van der Waals surface area (Å²) in [6.45, 7) is 3.88. The van der Waals surface area contributed by atoms with Crippen LogP contribution in [0.3, 0.4) is 0 Å². The second kappa shape index (κ2) is 11.0. The fraction of sp³-hybridized carbons (Fsp3) is 0.500. The number of piperidine rings is 1. The average molecular weight is 465 g/mol. The van der Waals surface area contributed by atoms with Crippen LogP contribution in [-0.2, 0) is 29.0 Å². The van der Waals surface area contributed by atoms with Crippen molar-refractivity contribution >= 4 is 28.2 Å². The molecule has 7 heteroatoms. The number of carbonyl (C=O) groups is 2. The first-order chi connectivity index (χ1) is 16.1. The van der Waals surface area contributed by atoms with Gasteiger partial charge in [-0.05, 0) is 69.7 Å². The third kappa shape index (κ3) is 5.63. The third-order valence-electron chi connectivity index (χ3n) is 6.91. The summed E-state index contributed by atoms with van der Waals surface area (Å²) in [7, 11) is 0. The van der Waals surface area contributed by atoms with Crippen molar-refractivity contribution in [3.63, 3.8) is 0 Å². The van der Waals surface area contributed by atoms with E-state index >= 15 is 0 Å². The van der Waals surface area contributed by atoms with Gasteiger partial charge in [-0.3, -0.25) is 14.5 Å². The smallest absolute Gasteiger partial charge is 0.242 e. The first-order valence-electron chi connectivity index (χ1n) is 12.0. The molecule has 1 aliphatic carbocycles. The summed E-state index contributed by atoms with van der Waals surface area (Å²) in [5, 5.41) is 16.5. The molecule has 1 atom stereocenters. The molecule has 1 saturated heterocycles. The number of nitrogens with one attached hydrogen (secondary N) is 2. The topological polar surface area (TPSA) is 85.2 Å². The van der Waals surface area contributed by atoms with E-state index in [9.17, 15) is 14.9 Å². The molecule has 0 saturated carbocycles. The number of thiophene rings is 1. The molecule has 1 fully saturated rings. The molecule has 174 valence electrons. The number of rotatable bonds is 6. The Morgan fingerprint density at radius 1 is 1.15 bits per heavy atom. The van der Waals surface area contributed by atoms with E-state index in [0.29, 0.717) is 30.2 Å². The average Bonchev–Trinajstić information content (AvgIpc) is 3.01. The molecule has 2 amide bonds. The number of likely N-dealkylation sites (tertiary alicyclic amines) is 1. The van der Waals surface area contributed by atoms with Crippen molar-refractivity contribution in [1.82, 2.24) is 10.2 Å². The van der Waals surface area contributed by atoms with E-state index in [1.54, 1.807) is 11.3 Å². The first kappa shape index (κ1) is 23.5. The van der Waals surface area contributed by atoms with E-state index in [1.165, 1.54) is 11.3 Å². The van der Waals surface area contributed by atoms with E-state index in [2.05, 4.69) is 21.6 Å². The number of aryl methyl sites for hydroxylation is 1. The van der Waals surface area contributed by atoms with Crippen LogP contribution in [0.1, 0.15) is 60.6 Å². The highest BCUT2D eigenvalue weighted by Gasteiger charge is 2.30. The Labute approximate surface area is 200 Å². The summed E-state index contributed by atoms with van der Waals surface area (Å²) in [5.41, 5.74) is 2.90. The van der Waals surface area contributed by atoms with Crippen LogP contribution < -0.4 is 10.6 Å². The fourth-order valence-electron chi connectivity index (χ4n) is 4.81. The number of carbonyl (C=O) groups excluding carboxylic acids is 2. The van der Waals surface area contributed by atoms with Crippen molar-refractivity contribution in [1.29, 1.82) is 5.26 Å². The lowest BCUT2D eigenvalue weighted by molar-refractivity contribution is -0.127. The molecule has 1 aromatic carbocycles. The van der Waals surface area contributed by atoms with Crippen LogP contribution in [0.25, 0.3) is 0 Å². The molecule has 33 heavy (non-hydrogen) atoms. The number of nitriles is 1. The molecule has 1 aromatic heterocycles. The fourth-order valence-corrected chi connectivity index (χ4v) is 6.05. The van der Waals surface area contributed by atoms with Gasteiger partial charge in [0, 0.05) is 17.3 Å². The van der Waals surface area contributed by atoms with Crippen LogP contribution in [0.2, 0.25) is 0 Å². The monoisotopic (exact) mass is 464 g/mol. The SMILES string of the molecule is CC(C(=O)Nc1sc2c(c1C#N)CCCCC2)N1CCC(C(=O)NCc2ccccc2)CC1. The van der Waals surface area contributed by atoms with E-state index in [1.807, 2.05) is 37.3 Å². The second-order valence-electron chi connectivity index (χ2n) is 9.06. The third-order valence-corrected chi connectivity index (χ3v) is 8.11. The highest BCUT2D eigenvalue weighted by atomic mass is 32.1. The van der Waals surface area contributed by atoms with Crippen molar-refractivity contribution in [3.8, 4) is 6.07 Å². The number of benzene rings is 1. The van der Waals surface area contributed by atoms with Gasteiger partial charge in [0.1, 0.15) is 11.1 Å². The van der Waals surface area contributed by atoms with Gasteiger partial charge >= 0.3 is 0 Å². The molecule has 6 nitrogen and oxygen atoms in total. The standard InChI is InChI=1S/C26H32N4O2S/c1-18(24(31)29-26-22(16-27)21-10-6-3-7-11-23(21)33-26)30-14-12-20(13-15-30)25(32)28-17-19-8-4-2-5-9-19/h2,4-5,8-9,18,20H,3,6-7,10-15,17H2,1H3,(H,28,32)(H,29,31). The van der Waals surface area contributed by atoms with Crippen molar-refractivity contribution in [2.75, 3.05) is 18.4 Å². The maximum atomic E-state index is 13.0. The van der Waals surface area contributed by atoms with Gasteiger partial charge in [-0.2, -0.15) is 5.26 Å². The van der Waals surface area contributed by atoms with Gasteiger partial charge in [-0.1, -0.05) is 36.8 Å². The van der Waals surface area contributed by atoms with Crippen LogP contribution in [0.5, 0.6) is 0 Å². The molecule has 0 radical (unpaired) electrons. The zero-order chi connectivity index (χ0) is 23.2. The molecule has 0 spiro atoms. The Morgan fingerprint density at radius 3 is 2.61 bits per heavy atom. The quantitative estimate of drug-likeness (QED) is 0.626. The molecule has 1 aliphatic heterocycles. The molecule has 2 heterocycles. The lowest BCUT2D eigenvalue weighted by Crippen LogP contribution is -2.48. The molecule has 2 aromatic rings. The van der Waals surface area contributed by atoms with E-state index in [4.69, 9.17) is 0 Å². The van der Waals surface area contributed by atoms with Crippen LogP contribution in [-0.4, -0.2) is 35.8 Å². The summed E-state index contributed by atoms with van der Waals surface area (Å²) in [5.74, 6) is 0.00242. The largest absolute Gasteiger partial charge is 0.352 e. The zero-order valence-corrected chi connectivity index (χ0v) is 20.0. The zero-order valence-electron chi connectivity index (χ0n) is 19.2. The Kier molecular flexibility index (Phi) is 7.79. The first-order valence-corrected chi connectivity index (χ1v) is 12.8. The van der Waals surface area contributed by atoms with E-state index in [-0.39, 0.29) is 23.8 Å². The summed E-state index contributed by atoms with van der Waals surface area (Å²) in [6.07, 6.45) is 6.88. The minimum Gasteiger partial charge on any atom is -0.352 e. The van der Waals surface area contributed by atoms with E-state index in [0.717, 1.165) is 49.7 Å². The molecule has 2 aliphatic rings. The molecular weight excluding hydrogens is 432 g/mol. The van der Waals surface area contributed by atoms with Crippen molar-refractivity contribution < 1.29 is 9.59 Å². The molecule has 4 rings (SSSR count). The van der Waals surface area contributed by atoms with Gasteiger partial charge in [0.05, 0.1) is 11.6 Å². The van der Waals surface area contributed by atoms with Crippen molar-refractivity contribution in [2.45, 2.75) is 64.5 Å². The maximum Gasteiger partial charge on any atom is 0.242 e. The summed E-state index contributed by atoms with van der Waals surface area (Å²) < 4.78 is 0. The van der Waals surface area contributed by atoms with Gasteiger partial charge in [-0.15, -0.1) is 11.3 Å². The molecular formula is C26H32N4O2S. The number of nitrogens with zero attached hydrogens (tertiary/aromatic N) is 2. The van der Waals surface area contributed by atoms with Gasteiger partial charge < -0.3 is 10.6 Å². The number of anilines is 1. The van der Waals surface area contributed by atoms with Crippen molar-refractivity contribution in [2.24, 2.45) is 5.92 Å². The maximum absolute atomic E-state index is 13.0. The number of fused-ring (bicyclic) bond motifs is 1. The van der Waals surface area contributed by atoms with Crippen LogP contribution >= 0.6 is 11.3 Å². The van der Waals surface area contributed by atoms with Gasteiger partial charge in [0.15, 0.2) is 0 Å². The summed E-state index contributed by atoms with van der Waals surface area (Å²) in [6, 6.07) is 12.0. The molecule has 1 unspecified atom stereocenters. The van der Waals surface area contributed by atoms with Crippen LogP contribution in [0.15, 0.2) is 30.3 Å². The van der Waals surface area contributed by atoms with E-state index < -0.39 is 0 Å². The Balaban J connectivity index is 1.29. The molecule has 2 N–H and O–H groups in total. The van der Waals surface area contributed by atoms with Gasteiger partial charge in [0.25, 0.3) is 0 Å². The Morgan fingerprint density at radius 2 is 1.88 bits per heavy atom. The summed E-state index contributed by atoms with van der Waals surface area (Å²) in [4.78, 5) is 29.0. The minimum atomic E-state index is -0.299. The Hall–Kier alpha value is -2.69. The Bertz CT molecular complexity index is 1020. The predicted molar refractivity (Wildman–Crippen MR) is 131 cm³/mol. The van der Waals surface area contributed by atoms with Crippen LogP contribution in [0, 0.1) is 17.2 Å². The normalized spacial score (nSPS) is 17.9.